The highest BCUT2D eigenvalue weighted by molar-refractivity contribution is 6.64. The summed E-state index contributed by atoms with van der Waals surface area (Å²) in [6.07, 6.45) is 2.10. The molecule has 0 atom stereocenters. The Labute approximate surface area is 76.0 Å². The molecule has 0 amide bonds. The third-order valence-corrected chi connectivity index (χ3v) is 3.04. The summed E-state index contributed by atoms with van der Waals surface area (Å²) in [7, 11) is -0.293. The summed E-state index contributed by atoms with van der Waals surface area (Å²) in [5.41, 5.74) is 1.04. The van der Waals surface area contributed by atoms with Crippen LogP contribution in [-0.2, 0) is 8.95 Å². The molecule has 0 aliphatic heterocycles. The quantitative estimate of drug-likeness (QED) is 0.378. The Hall–Kier alpha value is -0.353. The average molecular weight is 189 g/mol. The normalized spacial score (nSPS) is 13.2. The maximum atomic E-state index is 5.30. The van der Waals surface area contributed by atoms with Crippen molar-refractivity contribution in [1.29, 1.82) is 0 Å². The highest BCUT2D eigenvalue weighted by Gasteiger charge is 2.24. The Morgan fingerprint density at radius 1 is 1.42 bits per heavy atom. The van der Waals surface area contributed by atoms with Crippen LogP contribution in [0.3, 0.4) is 0 Å². The van der Waals surface area contributed by atoms with Crippen LogP contribution < -0.4 is 0 Å². The van der Waals surface area contributed by atoms with Crippen LogP contribution in [0.5, 0.6) is 0 Å². The topological polar surface area (TPSA) is 30.8 Å². The molecule has 12 heavy (non-hydrogen) atoms. The van der Waals surface area contributed by atoms with Crippen molar-refractivity contribution in [3.05, 3.63) is 0 Å². The van der Waals surface area contributed by atoms with Gasteiger partial charge in [-0.3, -0.25) is 0 Å². The summed E-state index contributed by atoms with van der Waals surface area (Å²) < 4.78 is 10.5. The van der Waals surface area contributed by atoms with Gasteiger partial charge < -0.3 is 8.95 Å². The molecule has 0 unspecified atom stereocenters. The molecule has 0 aliphatic carbocycles. The molecule has 0 spiro atoms. The lowest BCUT2D eigenvalue weighted by Crippen LogP contribution is -2.31. The van der Waals surface area contributed by atoms with Gasteiger partial charge >= 0.3 is 8.56 Å². The van der Waals surface area contributed by atoms with Crippen molar-refractivity contribution in [1.82, 2.24) is 0 Å². The van der Waals surface area contributed by atoms with E-state index in [9.17, 15) is 0 Å². The van der Waals surface area contributed by atoms with Gasteiger partial charge in [-0.05, 0) is 26.4 Å². The van der Waals surface area contributed by atoms with Crippen molar-refractivity contribution < 1.29 is 8.95 Å². The van der Waals surface area contributed by atoms with Crippen LogP contribution >= 0.6 is 0 Å². The van der Waals surface area contributed by atoms with Gasteiger partial charge in [0.25, 0.3) is 0 Å². The molecule has 0 aromatic carbocycles. The molecule has 0 aromatic heterocycles. The molecule has 72 valence electrons. The van der Waals surface area contributed by atoms with Crippen molar-refractivity contribution in [2.45, 2.75) is 39.8 Å². The van der Waals surface area contributed by atoms with E-state index in [0.717, 1.165) is 18.6 Å². The van der Waals surface area contributed by atoms with E-state index >= 15 is 0 Å². The predicted molar refractivity (Wildman–Crippen MR) is 53.6 cm³/mol. The summed E-state index contributed by atoms with van der Waals surface area (Å²) in [4.78, 5) is 0. The van der Waals surface area contributed by atoms with Crippen LogP contribution in [0.4, 0.5) is 0 Å². The van der Waals surface area contributed by atoms with E-state index < -0.39 is 8.56 Å². The van der Waals surface area contributed by atoms with Crippen molar-refractivity contribution in [3.8, 4) is 0 Å². The first-order chi connectivity index (χ1) is 5.52. The maximum absolute atomic E-state index is 5.30. The molecule has 0 heterocycles. The van der Waals surface area contributed by atoms with E-state index in [-0.39, 0.29) is 0 Å². The molecule has 0 radical (unpaired) electrons. The lowest BCUT2D eigenvalue weighted by Gasteiger charge is -2.16. The van der Waals surface area contributed by atoms with Gasteiger partial charge in [0.1, 0.15) is 0 Å². The maximum Gasteiger partial charge on any atom is 0.420 e. The highest BCUT2D eigenvalue weighted by atomic mass is 28.4. The average Bonchev–Trinajstić information content (AvgIpc) is 2.02. The van der Waals surface area contributed by atoms with Gasteiger partial charge in [-0.1, -0.05) is 13.3 Å². The number of hydrogen-bond acceptors (Lipinski definition) is 3. The summed E-state index contributed by atoms with van der Waals surface area (Å²) >= 11 is 0. The van der Waals surface area contributed by atoms with E-state index in [1.54, 1.807) is 7.11 Å². The van der Waals surface area contributed by atoms with E-state index in [1.165, 1.54) is 0 Å². The molecule has 0 aromatic rings. The summed E-state index contributed by atoms with van der Waals surface area (Å²) in [5, 5.41) is 4.01. The lowest BCUT2D eigenvalue weighted by atomic mass is 10.2. The van der Waals surface area contributed by atoms with Gasteiger partial charge in [0.15, 0.2) is 0 Å². The van der Waals surface area contributed by atoms with Crippen LogP contribution in [0.1, 0.15) is 26.7 Å². The number of nitrogens with zero attached hydrogens (tertiary/aromatic N) is 1. The van der Waals surface area contributed by atoms with Crippen LogP contribution in [0.15, 0.2) is 5.16 Å². The predicted octanol–water partition coefficient (Wildman–Crippen LogP) is 2.53. The van der Waals surface area contributed by atoms with Gasteiger partial charge in [0, 0.05) is 7.11 Å². The second kappa shape index (κ2) is 5.32. The molecule has 0 bridgehead atoms. The first kappa shape index (κ1) is 11.6. The minimum Gasteiger partial charge on any atom is -0.422 e. The fraction of sp³-hybridized carbons (Fsp3) is 0.875. The van der Waals surface area contributed by atoms with Crippen molar-refractivity contribution in [3.63, 3.8) is 0 Å². The van der Waals surface area contributed by atoms with Gasteiger partial charge in [-0.15, -0.1) is 5.16 Å². The zero-order valence-electron chi connectivity index (χ0n) is 8.68. The van der Waals surface area contributed by atoms with Crippen molar-refractivity contribution in [2.24, 2.45) is 5.16 Å². The smallest absolute Gasteiger partial charge is 0.420 e. The van der Waals surface area contributed by atoms with E-state index in [1.807, 2.05) is 20.0 Å². The van der Waals surface area contributed by atoms with Crippen LogP contribution in [0.2, 0.25) is 13.1 Å². The molecule has 0 saturated carbocycles. The Kier molecular flexibility index (Phi) is 5.16. The Bertz CT molecular complexity index is 157. The monoisotopic (exact) mass is 189 g/mol. The molecular formula is C8H19NO2Si. The summed E-state index contributed by atoms with van der Waals surface area (Å²) in [6.45, 7) is 8.03. The molecule has 4 heteroatoms. The fourth-order valence-corrected chi connectivity index (χ4v) is 1.08. The minimum atomic E-state index is -1.96. The number of rotatable bonds is 5. The van der Waals surface area contributed by atoms with Gasteiger partial charge in [-0.2, -0.15) is 0 Å². The Morgan fingerprint density at radius 2 is 2.00 bits per heavy atom. The first-order valence-electron chi connectivity index (χ1n) is 4.28. The number of oxime groups is 1. The van der Waals surface area contributed by atoms with Gasteiger partial charge in [0.05, 0.1) is 5.71 Å². The van der Waals surface area contributed by atoms with E-state index in [2.05, 4.69) is 12.1 Å². The van der Waals surface area contributed by atoms with Crippen molar-refractivity contribution >= 4 is 14.3 Å². The van der Waals surface area contributed by atoms with E-state index in [4.69, 9.17) is 8.95 Å². The molecular weight excluding hydrogens is 170 g/mol. The standard InChI is InChI=1S/C8H19NO2Si/c1-6-7-8(2)9-11-12(4,5)10-3/h6-7H2,1-5H3. The second-order valence-corrected chi connectivity index (χ2v) is 6.66. The van der Waals surface area contributed by atoms with Crippen LogP contribution in [-0.4, -0.2) is 21.4 Å². The summed E-state index contributed by atoms with van der Waals surface area (Å²) in [5.74, 6) is 0. The lowest BCUT2D eigenvalue weighted by molar-refractivity contribution is 0.220. The summed E-state index contributed by atoms with van der Waals surface area (Å²) in [6, 6.07) is 0. The Morgan fingerprint density at radius 3 is 2.42 bits per heavy atom. The van der Waals surface area contributed by atoms with Gasteiger partial charge in [0.2, 0.25) is 0 Å². The SMILES string of the molecule is CCCC(C)=NO[Si](C)(C)OC. The zero-order chi connectivity index (χ0) is 9.61. The number of hydrogen-bond donors (Lipinski definition) is 0. The van der Waals surface area contributed by atoms with E-state index in [0.29, 0.717) is 0 Å². The second-order valence-electron chi connectivity index (χ2n) is 3.27. The molecule has 0 aliphatic rings. The van der Waals surface area contributed by atoms with Crippen LogP contribution in [0, 0.1) is 0 Å². The molecule has 0 N–H and O–H groups in total. The highest BCUT2D eigenvalue weighted by Crippen LogP contribution is 2.05. The molecule has 0 saturated heterocycles. The van der Waals surface area contributed by atoms with Crippen molar-refractivity contribution in [2.75, 3.05) is 7.11 Å². The third kappa shape index (κ3) is 5.32. The fourth-order valence-electron chi connectivity index (χ4n) is 0.633. The van der Waals surface area contributed by atoms with Gasteiger partial charge in [-0.25, -0.2) is 0 Å². The van der Waals surface area contributed by atoms with Crippen LogP contribution in [0.25, 0.3) is 0 Å². The minimum absolute atomic E-state index is 0.994. The largest absolute Gasteiger partial charge is 0.422 e. The molecule has 0 rings (SSSR count). The molecule has 0 fully saturated rings. The zero-order valence-corrected chi connectivity index (χ0v) is 9.68. The third-order valence-electron chi connectivity index (χ3n) is 1.52. The Balaban J connectivity index is 3.86. The molecule has 3 nitrogen and oxygen atoms in total. The first-order valence-corrected chi connectivity index (χ1v) is 7.10.